The molecule has 1 saturated heterocycles. The van der Waals surface area contributed by atoms with Gasteiger partial charge in [0.05, 0.1) is 12.3 Å². The fraction of sp³-hybridized carbons (Fsp3) is 0.435. The molecule has 6 nitrogen and oxygen atoms in total. The number of piperidine rings is 1. The highest BCUT2D eigenvalue weighted by molar-refractivity contribution is 7.89. The van der Waals surface area contributed by atoms with Crippen LogP contribution in [0.2, 0.25) is 0 Å². The second-order valence-electron chi connectivity index (χ2n) is 7.53. The van der Waals surface area contributed by atoms with Gasteiger partial charge in [0.1, 0.15) is 12.4 Å². The summed E-state index contributed by atoms with van der Waals surface area (Å²) in [6, 6.07) is 19.4. The summed E-state index contributed by atoms with van der Waals surface area (Å²) in [6.07, 6.45) is 2.48. The van der Waals surface area contributed by atoms with Crippen LogP contribution in [-0.4, -0.2) is 50.6 Å². The van der Waals surface area contributed by atoms with Crippen LogP contribution in [0.5, 0.6) is 5.75 Å². The maximum Gasteiger partial charge on any atom is 0.223 e. The lowest BCUT2D eigenvalue weighted by Gasteiger charge is -2.30. The van der Waals surface area contributed by atoms with Crippen LogP contribution in [0.15, 0.2) is 60.7 Å². The third-order valence-corrected chi connectivity index (χ3v) is 7.30. The van der Waals surface area contributed by atoms with Crippen LogP contribution in [-0.2, 0) is 21.2 Å². The predicted octanol–water partition coefficient (Wildman–Crippen LogP) is 2.86. The molecule has 30 heavy (non-hydrogen) atoms. The lowest BCUT2D eigenvalue weighted by Crippen LogP contribution is -2.44. The van der Waals surface area contributed by atoms with E-state index in [4.69, 9.17) is 4.74 Å². The van der Waals surface area contributed by atoms with E-state index >= 15 is 0 Å². The Kier molecular flexibility index (Phi) is 8.28. The van der Waals surface area contributed by atoms with Crippen LogP contribution in [0.25, 0.3) is 0 Å². The van der Waals surface area contributed by atoms with E-state index in [0.29, 0.717) is 45.5 Å². The van der Waals surface area contributed by atoms with Gasteiger partial charge in [-0.25, -0.2) is 12.7 Å². The standard InChI is InChI=1S/C23H30N2O4S/c26-23(24-15-18-29-22-11-5-2-6-12-22)21-13-16-25(17-14-21)30(27,28)19-7-10-20-8-3-1-4-9-20/h1-6,8-9,11-12,21H,7,10,13-19H2,(H,24,26). The molecule has 1 heterocycles. The van der Waals surface area contributed by atoms with Crippen LogP contribution in [0, 0.1) is 5.92 Å². The topological polar surface area (TPSA) is 75.7 Å². The Morgan fingerprint density at radius 3 is 2.30 bits per heavy atom. The zero-order valence-corrected chi connectivity index (χ0v) is 18.0. The van der Waals surface area contributed by atoms with Gasteiger partial charge in [-0.1, -0.05) is 48.5 Å². The summed E-state index contributed by atoms with van der Waals surface area (Å²) in [5.41, 5.74) is 1.15. The van der Waals surface area contributed by atoms with E-state index in [2.05, 4.69) is 5.32 Å². The van der Waals surface area contributed by atoms with Gasteiger partial charge in [-0.05, 0) is 43.4 Å². The molecule has 2 aromatic rings. The van der Waals surface area contributed by atoms with Gasteiger partial charge in [-0.2, -0.15) is 0 Å². The van der Waals surface area contributed by atoms with Crippen molar-refractivity contribution in [2.24, 2.45) is 5.92 Å². The number of nitrogens with zero attached hydrogens (tertiary/aromatic N) is 1. The van der Waals surface area contributed by atoms with Crippen molar-refractivity contribution in [3.05, 3.63) is 66.2 Å². The first-order chi connectivity index (χ1) is 14.5. The van der Waals surface area contributed by atoms with E-state index in [1.807, 2.05) is 60.7 Å². The minimum Gasteiger partial charge on any atom is -0.492 e. The second-order valence-corrected chi connectivity index (χ2v) is 9.62. The number of nitrogens with one attached hydrogen (secondary N) is 1. The Labute approximate surface area is 179 Å². The number of aryl methyl sites for hydroxylation is 1. The third kappa shape index (κ3) is 6.85. The first-order valence-corrected chi connectivity index (χ1v) is 12.1. The van der Waals surface area contributed by atoms with Crippen molar-refractivity contribution < 1.29 is 17.9 Å². The van der Waals surface area contributed by atoms with Gasteiger partial charge in [0.25, 0.3) is 0 Å². The van der Waals surface area contributed by atoms with E-state index in [-0.39, 0.29) is 17.6 Å². The highest BCUT2D eigenvalue weighted by atomic mass is 32.2. The molecule has 0 saturated carbocycles. The number of sulfonamides is 1. The summed E-state index contributed by atoms with van der Waals surface area (Å²) in [6.45, 7) is 1.66. The average molecular weight is 431 g/mol. The van der Waals surface area contributed by atoms with Gasteiger partial charge in [0.2, 0.25) is 15.9 Å². The van der Waals surface area contributed by atoms with Gasteiger partial charge in [0, 0.05) is 19.0 Å². The Morgan fingerprint density at radius 1 is 1.00 bits per heavy atom. The van der Waals surface area contributed by atoms with Gasteiger partial charge in [-0.15, -0.1) is 0 Å². The quantitative estimate of drug-likeness (QED) is 0.588. The fourth-order valence-electron chi connectivity index (χ4n) is 3.63. The van der Waals surface area contributed by atoms with Crippen molar-refractivity contribution in [3.63, 3.8) is 0 Å². The second kappa shape index (κ2) is 11.1. The molecule has 0 unspecified atom stereocenters. The smallest absolute Gasteiger partial charge is 0.223 e. The van der Waals surface area contributed by atoms with Crippen LogP contribution in [0.3, 0.4) is 0 Å². The SMILES string of the molecule is O=C(NCCOc1ccccc1)C1CCN(S(=O)(=O)CCCc2ccccc2)CC1. The van der Waals surface area contributed by atoms with Crippen molar-refractivity contribution in [1.82, 2.24) is 9.62 Å². The minimum atomic E-state index is -3.27. The van der Waals surface area contributed by atoms with Gasteiger partial charge >= 0.3 is 0 Å². The van der Waals surface area contributed by atoms with Crippen LogP contribution in [0.4, 0.5) is 0 Å². The van der Waals surface area contributed by atoms with Crippen molar-refractivity contribution in [3.8, 4) is 5.75 Å². The fourth-order valence-corrected chi connectivity index (χ4v) is 5.17. The minimum absolute atomic E-state index is 0.0206. The summed E-state index contributed by atoms with van der Waals surface area (Å²) in [7, 11) is -3.27. The molecule has 2 aromatic carbocycles. The van der Waals surface area contributed by atoms with Crippen LogP contribution < -0.4 is 10.1 Å². The van der Waals surface area contributed by atoms with Crippen molar-refractivity contribution >= 4 is 15.9 Å². The van der Waals surface area contributed by atoms with Crippen LogP contribution >= 0.6 is 0 Å². The molecule has 0 atom stereocenters. The molecule has 0 spiro atoms. The zero-order chi connectivity index (χ0) is 21.2. The Morgan fingerprint density at radius 2 is 1.63 bits per heavy atom. The monoisotopic (exact) mass is 430 g/mol. The first kappa shape index (κ1) is 22.3. The molecule has 1 amide bonds. The number of benzene rings is 2. The highest BCUT2D eigenvalue weighted by Gasteiger charge is 2.30. The number of para-hydroxylation sites is 1. The largest absolute Gasteiger partial charge is 0.492 e. The van der Waals surface area contributed by atoms with Gasteiger partial charge in [0.15, 0.2) is 0 Å². The molecule has 1 N–H and O–H groups in total. The van der Waals surface area contributed by atoms with Crippen LogP contribution in [0.1, 0.15) is 24.8 Å². The summed E-state index contributed by atoms with van der Waals surface area (Å²) >= 11 is 0. The number of rotatable bonds is 10. The first-order valence-electron chi connectivity index (χ1n) is 10.5. The van der Waals surface area contributed by atoms with Crippen molar-refractivity contribution in [2.45, 2.75) is 25.7 Å². The van der Waals surface area contributed by atoms with E-state index in [9.17, 15) is 13.2 Å². The summed E-state index contributed by atoms with van der Waals surface area (Å²) in [5, 5.41) is 2.90. The molecule has 1 aliphatic heterocycles. The summed E-state index contributed by atoms with van der Waals surface area (Å²) in [4.78, 5) is 12.4. The van der Waals surface area contributed by atoms with E-state index in [1.54, 1.807) is 4.31 Å². The predicted molar refractivity (Wildman–Crippen MR) is 118 cm³/mol. The molecule has 1 fully saturated rings. The Bertz CT molecular complexity index is 880. The summed E-state index contributed by atoms with van der Waals surface area (Å²) in [5.74, 6) is 0.762. The van der Waals surface area contributed by atoms with Crippen molar-refractivity contribution in [2.75, 3.05) is 32.0 Å². The number of amides is 1. The lowest BCUT2D eigenvalue weighted by molar-refractivity contribution is -0.126. The average Bonchev–Trinajstić information content (AvgIpc) is 2.78. The highest BCUT2D eigenvalue weighted by Crippen LogP contribution is 2.20. The van der Waals surface area contributed by atoms with Gasteiger partial charge in [-0.3, -0.25) is 4.79 Å². The van der Waals surface area contributed by atoms with E-state index in [1.165, 1.54) is 0 Å². The molecule has 162 valence electrons. The molecular formula is C23H30N2O4S. The Balaban J connectivity index is 1.34. The number of carbonyl (C=O) groups is 1. The molecule has 3 rings (SSSR count). The van der Waals surface area contributed by atoms with Crippen molar-refractivity contribution in [1.29, 1.82) is 0 Å². The number of hydrogen-bond donors (Lipinski definition) is 1. The molecule has 0 aliphatic carbocycles. The maximum atomic E-state index is 12.6. The van der Waals surface area contributed by atoms with E-state index < -0.39 is 10.0 Å². The molecule has 0 aromatic heterocycles. The van der Waals surface area contributed by atoms with E-state index in [0.717, 1.165) is 17.7 Å². The molecule has 7 heteroatoms. The number of hydrogen-bond acceptors (Lipinski definition) is 4. The summed E-state index contributed by atoms with van der Waals surface area (Å²) < 4.78 is 32.3. The third-order valence-electron chi connectivity index (χ3n) is 5.34. The molecule has 0 radical (unpaired) electrons. The molecule has 1 aliphatic rings. The van der Waals surface area contributed by atoms with Gasteiger partial charge < -0.3 is 10.1 Å². The number of ether oxygens (including phenoxy) is 1. The number of carbonyl (C=O) groups excluding carboxylic acids is 1. The normalized spacial score (nSPS) is 15.6. The maximum absolute atomic E-state index is 12.6. The molecule has 0 bridgehead atoms. The molecular weight excluding hydrogens is 400 g/mol. The zero-order valence-electron chi connectivity index (χ0n) is 17.2. The lowest BCUT2D eigenvalue weighted by atomic mass is 9.97. The Hall–Kier alpha value is -2.38.